The summed E-state index contributed by atoms with van der Waals surface area (Å²) in [4.78, 5) is 23.9. The number of carbonyl (C=O) groups is 2. The fourth-order valence-corrected chi connectivity index (χ4v) is 2.56. The summed E-state index contributed by atoms with van der Waals surface area (Å²) in [6.07, 6.45) is 2.39. The van der Waals surface area contributed by atoms with Gasteiger partial charge in [-0.3, -0.25) is 9.59 Å². The zero-order chi connectivity index (χ0) is 20.4. The van der Waals surface area contributed by atoms with E-state index in [-0.39, 0.29) is 12.5 Å². The van der Waals surface area contributed by atoms with Crippen molar-refractivity contribution in [2.75, 3.05) is 20.3 Å². The van der Waals surface area contributed by atoms with Gasteiger partial charge in [-0.1, -0.05) is 22.9 Å². The van der Waals surface area contributed by atoms with Crippen molar-refractivity contribution >= 4 is 34.0 Å². The SMILES string of the molecule is CCCOc1ccc(Br)cc1/C=N\NC(=O)CNC(=O)c1ccc(OC)cc1. The van der Waals surface area contributed by atoms with Gasteiger partial charge < -0.3 is 14.8 Å². The predicted molar refractivity (Wildman–Crippen MR) is 111 cm³/mol. The molecule has 0 radical (unpaired) electrons. The number of hydrazone groups is 1. The Labute approximate surface area is 172 Å². The van der Waals surface area contributed by atoms with Crippen LogP contribution in [0.5, 0.6) is 11.5 Å². The number of hydrogen-bond donors (Lipinski definition) is 2. The molecular weight excluding hydrogens is 426 g/mol. The monoisotopic (exact) mass is 447 g/mol. The second-order valence-electron chi connectivity index (χ2n) is 5.73. The van der Waals surface area contributed by atoms with Crippen LogP contribution in [0.4, 0.5) is 0 Å². The Kier molecular flexibility index (Phi) is 8.48. The van der Waals surface area contributed by atoms with Crippen molar-refractivity contribution in [3.63, 3.8) is 0 Å². The van der Waals surface area contributed by atoms with E-state index in [1.807, 2.05) is 25.1 Å². The van der Waals surface area contributed by atoms with Gasteiger partial charge in [-0.25, -0.2) is 5.43 Å². The first kappa shape index (κ1) is 21.4. The Hall–Kier alpha value is -2.87. The van der Waals surface area contributed by atoms with Crippen LogP contribution in [0.1, 0.15) is 29.3 Å². The summed E-state index contributed by atoms with van der Waals surface area (Å²) in [5, 5.41) is 6.47. The zero-order valence-corrected chi connectivity index (χ0v) is 17.3. The van der Waals surface area contributed by atoms with Crippen molar-refractivity contribution in [1.82, 2.24) is 10.7 Å². The number of amides is 2. The van der Waals surface area contributed by atoms with E-state index in [2.05, 4.69) is 31.8 Å². The number of benzene rings is 2. The minimum absolute atomic E-state index is 0.195. The minimum atomic E-state index is -0.441. The molecule has 0 saturated carbocycles. The molecule has 0 fully saturated rings. The lowest BCUT2D eigenvalue weighted by atomic mass is 10.2. The van der Waals surface area contributed by atoms with Crippen LogP contribution in [0.25, 0.3) is 0 Å². The van der Waals surface area contributed by atoms with Crippen molar-refractivity contribution in [2.45, 2.75) is 13.3 Å². The van der Waals surface area contributed by atoms with Crippen LogP contribution in [0, 0.1) is 0 Å². The second-order valence-corrected chi connectivity index (χ2v) is 6.65. The van der Waals surface area contributed by atoms with Crippen LogP contribution in [-0.4, -0.2) is 38.3 Å². The molecule has 2 rings (SSSR count). The maximum absolute atomic E-state index is 12.0. The number of carbonyl (C=O) groups excluding carboxylic acids is 2. The van der Waals surface area contributed by atoms with Gasteiger partial charge in [0.05, 0.1) is 26.5 Å². The van der Waals surface area contributed by atoms with Gasteiger partial charge in [0.15, 0.2) is 0 Å². The number of nitrogens with zero attached hydrogens (tertiary/aromatic N) is 1. The molecule has 0 heterocycles. The zero-order valence-electron chi connectivity index (χ0n) is 15.7. The average Bonchev–Trinajstić information content (AvgIpc) is 2.71. The summed E-state index contributed by atoms with van der Waals surface area (Å²) in [6, 6.07) is 12.1. The summed E-state index contributed by atoms with van der Waals surface area (Å²) in [5.41, 5.74) is 3.55. The fraction of sp³-hybridized carbons (Fsp3) is 0.250. The lowest BCUT2D eigenvalue weighted by molar-refractivity contribution is -0.120. The quantitative estimate of drug-likeness (QED) is 0.456. The van der Waals surface area contributed by atoms with Crippen molar-refractivity contribution in [3.8, 4) is 11.5 Å². The number of hydrogen-bond acceptors (Lipinski definition) is 5. The molecule has 148 valence electrons. The van der Waals surface area contributed by atoms with Crippen LogP contribution in [-0.2, 0) is 4.79 Å². The predicted octanol–water partition coefficient (Wildman–Crippen LogP) is 3.13. The smallest absolute Gasteiger partial charge is 0.259 e. The summed E-state index contributed by atoms with van der Waals surface area (Å²) < 4.78 is 11.6. The van der Waals surface area contributed by atoms with Gasteiger partial charge in [-0.2, -0.15) is 5.10 Å². The van der Waals surface area contributed by atoms with E-state index in [1.54, 1.807) is 31.4 Å². The van der Waals surface area contributed by atoms with Crippen molar-refractivity contribution in [3.05, 3.63) is 58.1 Å². The number of nitrogens with one attached hydrogen (secondary N) is 2. The molecule has 0 atom stereocenters. The molecule has 0 aliphatic heterocycles. The third kappa shape index (κ3) is 6.70. The Morgan fingerprint density at radius 3 is 2.61 bits per heavy atom. The molecule has 0 saturated heterocycles. The third-order valence-electron chi connectivity index (χ3n) is 3.59. The van der Waals surface area contributed by atoms with Crippen molar-refractivity contribution in [2.24, 2.45) is 5.10 Å². The van der Waals surface area contributed by atoms with Gasteiger partial charge in [-0.05, 0) is 48.9 Å². The molecule has 2 N–H and O–H groups in total. The molecule has 0 bridgehead atoms. The molecule has 2 aromatic carbocycles. The standard InChI is InChI=1S/C20H22BrN3O4/c1-3-10-28-18-9-6-16(21)11-15(18)12-23-24-19(25)13-22-20(26)14-4-7-17(27-2)8-5-14/h4-9,11-12H,3,10,13H2,1-2H3,(H,22,26)(H,24,25)/b23-12-. The third-order valence-corrected chi connectivity index (χ3v) is 4.08. The van der Waals surface area contributed by atoms with Gasteiger partial charge in [-0.15, -0.1) is 0 Å². The van der Waals surface area contributed by atoms with E-state index in [9.17, 15) is 9.59 Å². The molecule has 28 heavy (non-hydrogen) atoms. The molecule has 2 aromatic rings. The van der Waals surface area contributed by atoms with E-state index >= 15 is 0 Å². The van der Waals surface area contributed by atoms with Crippen molar-refractivity contribution in [1.29, 1.82) is 0 Å². The summed E-state index contributed by atoms with van der Waals surface area (Å²) in [6.45, 7) is 2.42. The van der Waals surface area contributed by atoms with Crippen LogP contribution >= 0.6 is 15.9 Å². The van der Waals surface area contributed by atoms with E-state index in [4.69, 9.17) is 9.47 Å². The first-order valence-electron chi connectivity index (χ1n) is 8.70. The number of rotatable bonds is 9. The number of halogens is 1. The molecular formula is C20H22BrN3O4. The largest absolute Gasteiger partial charge is 0.497 e. The second kappa shape index (κ2) is 11.1. The van der Waals surface area contributed by atoms with E-state index in [0.29, 0.717) is 23.7 Å². The van der Waals surface area contributed by atoms with E-state index in [1.165, 1.54) is 6.21 Å². The summed E-state index contributed by atoms with van der Waals surface area (Å²) in [7, 11) is 1.55. The van der Waals surface area contributed by atoms with Gasteiger partial charge >= 0.3 is 0 Å². The number of ether oxygens (including phenoxy) is 2. The topological polar surface area (TPSA) is 89.0 Å². The highest BCUT2D eigenvalue weighted by Gasteiger charge is 2.08. The summed E-state index contributed by atoms with van der Waals surface area (Å²) in [5.74, 6) is 0.530. The fourth-order valence-electron chi connectivity index (χ4n) is 2.18. The maximum Gasteiger partial charge on any atom is 0.259 e. The lowest BCUT2D eigenvalue weighted by Gasteiger charge is -2.08. The Bertz CT molecular complexity index is 838. The van der Waals surface area contributed by atoms with Crippen LogP contribution in [0.15, 0.2) is 52.0 Å². The van der Waals surface area contributed by atoms with Gasteiger partial charge in [0, 0.05) is 15.6 Å². The molecule has 0 aliphatic carbocycles. The Morgan fingerprint density at radius 1 is 1.18 bits per heavy atom. The van der Waals surface area contributed by atoms with Gasteiger partial charge in [0.25, 0.3) is 11.8 Å². The Balaban J connectivity index is 1.86. The van der Waals surface area contributed by atoms with Crippen molar-refractivity contribution < 1.29 is 19.1 Å². The molecule has 2 amide bonds. The highest BCUT2D eigenvalue weighted by Crippen LogP contribution is 2.22. The van der Waals surface area contributed by atoms with Crippen LogP contribution in [0.3, 0.4) is 0 Å². The molecule has 0 aliphatic rings. The maximum atomic E-state index is 12.0. The van der Waals surface area contributed by atoms with Gasteiger partial charge in [0.1, 0.15) is 11.5 Å². The molecule has 0 aromatic heterocycles. The lowest BCUT2D eigenvalue weighted by Crippen LogP contribution is -2.34. The van der Waals surface area contributed by atoms with Gasteiger partial charge in [0.2, 0.25) is 0 Å². The Morgan fingerprint density at radius 2 is 1.93 bits per heavy atom. The number of methoxy groups -OCH3 is 1. The first-order chi connectivity index (χ1) is 13.5. The summed E-state index contributed by atoms with van der Waals surface area (Å²) >= 11 is 3.40. The molecule has 0 unspecified atom stereocenters. The van der Waals surface area contributed by atoms with E-state index < -0.39 is 5.91 Å². The minimum Gasteiger partial charge on any atom is -0.497 e. The molecule has 0 spiro atoms. The average molecular weight is 448 g/mol. The normalized spacial score (nSPS) is 10.5. The highest BCUT2D eigenvalue weighted by molar-refractivity contribution is 9.10. The van der Waals surface area contributed by atoms with Crippen LogP contribution in [0.2, 0.25) is 0 Å². The molecule has 7 nitrogen and oxygen atoms in total. The van der Waals surface area contributed by atoms with E-state index in [0.717, 1.165) is 16.5 Å². The first-order valence-corrected chi connectivity index (χ1v) is 9.49. The molecule has 8 heteroatoms. The van der Waals surface area contributed by atoms with Crippen LogP contribution < -0.4 is 20.2 Å². The highest BCUT2D eigenvalue weighted by atomic mass is 79.9.